The molecule has 1 aromatic rings. The van der Waals surface area contributed by atoms with E-state index in [1.807, 2.05) is 4.90 Å². The molecule has 3 nitrogen and oxygen atoms in total. The molecular formula is C12H18BrClN2OS. The van der Waals surface area contributed by atoms with Gasteiger partial charge in [-0.25, -0.2) is 0 Å². The third kappa shape index (κ3) is 4.23. The number of carbonyl (C=O) groups is 1. The standard InChI is InChI=1S/C12H17BrN2OS.ClH/c1-9-7-14-4-5-15(9)12(16)3-2-11-6-10(13)8-17-11;/h6,8-9,14H,2-5,7H2,1H3;1H. The molecule has 1 aliphatic heterocycles. The van der Waals surface area contributed by atoms with Crippen LogP contribution in [-0.2, 0) is 11.2 Å². The summed E-state index contributed by atoms with van der Waals surface area (Å²) >= 11 is 5.14. The summed E-state index contributed by atoms with van der Waals surface area (Å²) in [7, 11) is 0. The number of piperazine rings is 1. The highest BCUT2D eigenvalue weighted by Gasteiger charge is 2.22. The van der Waals surface area contributed by atoms with Crippen molar-refractivity contribution in [2.45, 2.75) is 25.8 Å². The van der Waals surface area contributed by atoms with E-state index in [1.165, 1.54) is 4.88 Å². The van der Waals surface area contributed by atoms with Crippen molar-refractivity contribution in [3.63, 3.8) is 0 Å². The Morgan fingerprint density at radius 1 is 1.67 bits per heavy atom. The summed E-state index contributed by atoms with van der Waals surface area (Å²) in [5.74, 6) is 0.281. The first kappa shape index (κ1) is 16.0. The minimum atomic E-state index is 0. The second-order valence-corrected chi connectivity index (χ2v) is 6.28. The van der Waals surface area contributed by atoms with Gasteiger partial charge >= 0.3 is 0 Å². The first-order valence-electron chi connectivity index (χ1n) is 5.90. The van der Waals surface area contributed by atoms with Crippen LogP contribution >= 0.6 is 39.7 Å². The summed E-state index contributed by atoms with van der Waals surface area (Å²) < 4.78 is 1.11. The summed E-state index contributed by atoms with van der Waals surface area (Å²) in [4.78, 5) is 15.4. The lowest BCUT2D eigenvalue weighted by molar-refractivity contribution is -0.133. The summed E-state index contributed by atoms with van der Waals surface area (Å²) in [5.41, 5.74) is 0. The number of hydrogen-bond donors (Lipinski definition) is 1. The van der Waals surface area contributed by atoms with Gasteiger partial charge in [0.2, 0.25) is 5.91 Å². The molecule has 1 atom stereocenters. The molecule has 0 saturated carbocycles. The second kappa shape index (κ2) is 7.48. The third-order valence-electron chi connectivity index (χ3n) is 3.03. The molecule has 2 rings (SSSR count). The summed E-state index contributed by atoms with van der Waals surface area (Å²) in [6.45, 7) is 4.77. The number of nitrogens with one attached hydrogen (secondary N) is 1. The van der Waals surface area contributed by atoms with Crippen LogP contribution in [0.4, 0.5) is 0 Å². The molecule has 0 aliphatic carbocycles. The quantitative estimate of drug-likeness (QED) is 0.906. The Morgan fingerprint density at radius 2 is 2.44 bits per heavy atom. The molecule has 6 heteroatoms. The Kier molecular flexibility index (Phi) is 6.63. The summed E-state index contributed by atoms with van der Waals surface area (Å²) in [6.07, 6.45) is 1.48. The lowest BCUT2D eigenvalue weighted by Gasteiger charge is -2.34. The molecule has 1 aliphatic rings. The van der Waals surface area contributed by atoms with Gasteiger partial charge in [0.05, 0.1) is 0 Å². The first-order chi connectivity index (χ1) is 8.16. The molecule has 1 saturated heterocycles. The number of nitrogens with zero attached hydrogens (tertiary/aromatic N) is 1. The van der Waals surface area contributed by atoms with Crippen molar-refractivity contribution in [2.75, 3.05) is 19.6 Å². The zero-order chi connectivity index (χ0) is 12.3. The van der Waals surface area contributed by atoms with E-state index in [4.69, 9.17) is 0 Å². The van der Waals surface area contributed by atoms with E-state index in [0.717, 1.165) is 30.5 Å². The SMILES string of the molecule is CC1CNCCN1C(=O)CCc1cc(Br)cs1.Cl. The average Bonchev–Trinajstić information content (AvgIpc) is 2.73. The molecule has 1 amide bonds. The van der Waals surface area contributed by atoms with Crippen molar-refractivity contribution in [3.05, 3.63) is 20.8 Å². The zero-order valence-electron chi connectivity index (χ0n) is 10.3. The van der Waals surface area contributed by atoms with Gasteiger partial charge in [-0.2, -0.15) is 0 Å². The molecular weight excluding hydrogens is 336 g/mol. The Balaban J connectivity index is 0.00000162. The average molecular weight is 354 g/mol. The van der Waals surface area contributed by atoms with E-state index in [2.05, 4.69) is 39.6 Å². The first-order valence-corrected chi connectivity index (χ1v) is 7.57. The van der Waals surface area contributed by atoms with Gasteiger partial charge in [0, 0.05) is 46.8 Å². The van der Waals surface area contributed by atoms with Crippen molar-refractivity contribution in [2.24, 2.45) is 0 Å². The maximum atomic E-state index is 12.1. The molecule has 2 heterocycles. The summed E-state index contributed by atoms with van der Waals surface area (Å²) in [6, 6.07) is 2.42. The third-order valence-corrected chi connectivity index (χ3v) is 4.79. The number of thiophene rings is 1. The fraction of sp³-hybridized carbons (Fsp3) is 0.583. The lowest BCUT2D eigenvalue weighted by Crippen LogP contribution is -2.52. The van der Waals surface area contributed by atoms with Crippen molar-refractivity contribution >= 4 is 45.6 Å². The van der Waals surface area contributed by atoms with Crippen LogP contribution < -0.4 is 5.32 Å². The van der Waals surface area contributed by atoms with Crippen LogP contribution in [0.1, 0.15) is 18.2 Å². The molecule has 0 bridgehead atoms. The van der Waals surface area contributed by atoms with Crippen molar-refractivity contribution in [1.29, 1.82) is 0 Å². The number of rotatable bonds is 3. The normalized spacial score (nSPS) is 19.4. The molecule has 18 heavy (non-hydrogen) atoms. The Labute approximate surface area is 126 Å². The Morgan fingerprint density at radius 3 is 3.06 bits per heavy atom. The van der Waals surface area contributed by atoms with Crippen molar-refractivity contribution in [1.82, 2.24) is 10.2 Å². The van der Waals surface area contributed by atoms with Crippen LogP contribution in [-0.4, -0.2) is 36.5 Å². The monoisotopic (exact) mass is 352 g/mol. The van der Waals surface area contributed by atoms with Crippen molar-refractivity contribution < 1.29 is 4.79 Å². The van der Waals surface area contributed by atoms with Crippen LogP contribution in [0.5, 0.6) is 0 Å². The zero-order valence-corrected chi connectivity index (χ0v) is 13.5. The smallest absolute Gasteiger partial charge is 0.223 e. The Bertz CT molecular complexity index is 399. The molecule has 0 radical (unpaired) electrons. The molecule has 1 unspecified atom stereocenters. The van der Waals surface area contributed by atoms with Crippen LogP contribution in [0.25, 0.3) is 0 Å². The number of amides is 1. The predicted molar refractivity (Wildman–Crippen MR) is 81.6 cm³/mol. The number of halogens is 2. The van der Waals surface area contributed by atoms with Gasteiger partial charge in [-0.1, -0.05) is 0 Å². The maximum Gasteiger partial charge on any atom is 0.223 e. The minimum absolute atomic E-state index is 0. The molecule has 1 aromatic heterocycles. The molecule has 0 spiro atoms. The number of carbonyl (C=O) groups excluding carboxylic acids is 1. The van der Waals surface area contributed by atoms with E-state index in [0.29, 0.717) is 12.5 Å². The fourth-order valence-electron chi connectivity index (χ4n) is 2.07. The second-order valence-electron chi connectivity index (χ2n) is 4.37. The van der Waals surface area contributed by atoms with Crippen LogP contribution in [0.2, 0.25) is 0 Å². The number of aryl methyl sites for hydroxylation is 1. The van der Waals surface area contributed by atoms with E-state index < -0.39 is 0 Å². The van der Waals surface area contributed by atoms with Gasteiger partial charge in [0.25, 0.3) is 0 Å². The van der Waals surface area contributed by atoms with E-state index in [-0.39, 0.29) is 18.3 Å². The van der Waals surface area contributed by atoms with Gasteiger partial charge in [-0.3, -0.25) is 4.79 Å². The highest BCUT2D eigenvalue weighted by molar-refractivity contribution is 9.10. The highest BCUT2D eigenvalue weighted by atomic mass is 79.9. The topological polar surface area (TPSA) is 32.3 Å². The van der Waals surface area contributed by atoms with E-state index >= 15 is 0 Å². The van der Waals surface area contributed by atoms with Gasteiger partial charge in [0.15, 0.2) is 0 Å². The predicted octanol–water partition coefficient (Wildman–Crippen LogP) is 2.69. The van der Waals surface area contributed by atoms with E-state index in [1.54, 1.807) is 11.3 Å². The largest absolute Gasteiger partial charge is 0.337 e. The van der Waals surface area contributed by atoms with E-state index in [9.17, 15) is 4.79 Å². The minimum Gasteiger partial charge on any atom is -0.337 e. The maximum absolute atomic E-state index is 12.1. The molecule has 0 aromatic carbocycles. The molecule has 1 fully saturated rings. The Hall–Kier alpha value is -0.100. The van der Waals surface area contributed by atoms with Gasteiger partial charge in [-0.05, 0) is 35.3 Å². The summed E-state index contributed by atoms with van der Waals surface area (Å²) in [5, 5.41) is 5.36. The fourth-order valence-corrected chi connectivity index (χ4v) is 3.53. The lowest BCUT2D eigenvalue weighted by atomic mass is 10.1. The molecule has 1 N–H and O–H groups in total. The molecule has 102 valence electrons. The number of hydrogen-bond acceptors (Lipinski definition) is 3. The van der Waals surface area contributed by atoms with Gasteiger partial charge < -0.3 is 10.2 Å². The van der Waals surface area contributed by atoms with Crippen LogP contribution in [0.15, 0.2) is 15.9 Å². The van der Waals surface area contributed by atoms with Crippen LogP contribution in [0, 0.1) is 0 Å². The van der Waals surface area contributed by atoms with Gasteiger partial charge in [0.1, 0.15) is 0 Å². The van der Waals surface area contributed by atoms with Crippen molar-refractivity contribution in [3.8, 4) is 0 Å². The highest BCUT2D eigenvalue weighted by Crippen LogP contribution is 2.21. The van der Waals surface area contributed by atoms with Gasteiger partial charge in [-0.15, -0.1) is 23.7 Å². The van der Waals surface area contributed by atoms with Crippen LogP contribution in [0.3, 0.4) is 0 Å².